The zero-order valence-electron chi connectivity index (χ0n) is 21.3. The number of benzene rings is 1. The lowest BCUT2D eigenvalue weighted by Crippen LogP contribution is -2.52. The largest absolute Gasteiger partial charge is 0.455 e. The lowest BCUT2D eigenvalue weighted by Gasteiger charge is -2.51. The van der Waals surface area contributed by atoms with E-state index < -0.39 is 23.1 Å². The molecule has 2 aliphatic carbocycles. The first-order valence-corrected chi connectivity index (χ1v) is 12.3. The molecule has 4 nitrogen and oxygen atoms in total. The highest BCUT2D eigenvalue weighted by Crippen LogP contribution is 2.51. The molecule has 32 heavy (non-hydrogen) atoms. The van der Waals surface area contributed by atoms with Crippen LogP contribution in [-0.2, 0) is 9.47 Å². The van der Waals surface area contributed by atoms with Gasteiger partial charge in [-0.3, -0.25) is 0 Å². The third-order valence-corrected chi connectivity index (χ3v) is 9.77. The summed E-state index contributed by atoms with van der Waals surface area (Å²) in [6.07, 6.45) is 5.98. The van der Waals surface area contributed by atoms with Crippen LogP contribution in [0.4, 0.5) is 0 Å². The summed E-state index contributed by atoms with van der Waals surface area (Å²) in [5, 5.41) is 0. The highest BCUT2D eigenvalue weighted by molar-refractivity contribution is 6.03. The molecule has 0 spiro atoms. The number of rotatable bonds is 4. The Morgan fingerprint density at radius 2 is 1.06 bits per heavy atom. The Morgan fingerprint density at radius 1 is 0.719 bits per heavy atom. The average Bonchev–Trinajstić information content (AvgIpc) is 2.71. The van der Waals surface area contributed by atoms with Crippen molar-refractivity contribution in [3.05, 3.63) is 35.4 Å². The van der Waals surface area contributed by atoms with Crippen molar-refractivity contribution in [3.63, 3.8) is 0 Å². The number of carbonyl (C=O) groups is 2. The van der Waals surface area contributed by atoms with Gasteiger partial charge in [-0.25, -0.2) is 9.59 Å². The summed E-state index contributed by atoms with van der Waals surface area (Å²) in [4.78, 5) is 26.7. The Bertz CT molecular complexity index is 799. The number of ether oxygens (including phenoxy) is 2. The van der Waals surface area contributed by atoms with Crippen molar-refractivity contribution < 1.29 is 19.1 Å². The van der Waals surface area contributed by atoms with Crippen LogP contribution in [0.5, 0.6) is 0 Å². The molecule has 2 saturated carbocycles. The molecular weight excluding hydrogens is 400 g/mol. The van der Waals surface area contributed by atoms with Crippen molar-refractivity contribution in [1.82, 2.24) is 0 Å². The summed E-state index contributed by atoms with van der Waals surface area (Å²) in [7, 11) is 0. The highest BCUT2D eigenvalue weighted by Gasteiger charge is 2.51. The molecule has 1 aromatic rings. The van der Waals surface area contributed by atoms with Crippen molar-refractivity contribution in [2.45, 2.75) is 105 Å². The SMILES string of the molecule is CC1CCCC(C)(OC(=O)c2ccccc2C(=O)OC2(C)CCCC(C)C2(C)C)C1(C)C. The van der Waals surface area contributed by atoms with Crippen LogP contribution in [-0.4, -0.2) is 23.1 Å². The smallest absolute Gasteiger partial charge is 0.339 e. The molecule has 178 valence electrons. The van der Waals surface area contributed by atoms with Gasteiger partial charge in [0.25, 0.3) is 0 Å². The molecule has 0 radical (unpaired) electrons. The molecule has 0 heterocycles. The number of carbonyl (C=O) groups excluding carboxylic acids is 2. The van der Waals surface area contributed by atoms with Crippen LogP contribution in [0.1, 0.15) is 115 Å². The van der Waals surface area contributed by atoms with Crippen LogP contribution in [0.2, 0.25) is 0 Å². The Balaban J connectivity index is 1.86. The van der Waals surface area contributed by atoms with Gasteiger partial charge < -0.3 is 9.47 Å². The normalized spacial score (nSPS) is 33.9. The molecule has 4 atom stereocenters. The van der Waals surface area contributed by atoms with Crippen LogP contribution in [0.25, 0.3) is 0 Å². The minimum absolute atomic E-state index is 0.147. The number of hydrogen-bond acceptors (Lipinski definition) is 4. The van der Waals surface area contributed by atoms with Gasteiger partial charge in [0.15, 0.2) is 0 Å². The Labute approximate surface area is 194 Å². The first-order valence-electron chi connectivity index (χ1n) is 12.3. The van der Waals surface area contributed by atoms with E-state index in [9.17, 15) is 9.59 Å². The number of hydrogen-bond donors (Lipinski definition) is 0. The zero-order chi connectivity index (χ0) is 23.9. The van der Waals surface area contributed by atoms with Crippen LogP contribution in [0.3, 0.4) is 0 Å². The second-order valence-electron chi connectivity index (χ2n) is 11.8. The van der Waals surface area contributed by atoms with E-state index in [-0.39, 0.29) is 22.0 Å². The minimum Gasteiger partial charge on any atom is -0.455 e. The van der Waals surface area contributed by atoms with E-state index in [1.165, 1.54) is 0 Å². The summed E-state index contributed by atoms with van der Waals surface area (Å²) >= 11 is 0. The third kappa shape index (κ3) is 4.10. The monoisotopic (exact) mass is 442 g/mol. The molecule has 3 rings (SSSR count). The van der Waals surface area contributed by atoms with Gasteiger partial charge in [0.05, 0.1) is 11.1 Å². The summed E-state index contributed by atoms with van der Waals surface area (Å²) in [6, 6.07) is 6.91. The molecule has 2 fully saturated rings. The fourth-order valence-electron chi connectivity index (χ4n) is 5.62. The van der Waals surface area contributed by atoms with Gasteiger partial charge in [-0.1, -0.05) is 53.7 Å². The summed E-state index contributed by atoms with van der Waals surface area (Å²) in [5.41, 5.74) is -0.869. The predicted molar refractivity (Wildman–Crippen MR) is 128 cm³/mol. The van der Waals surface area contributed by atoms with Crippen molar-refractivity contribution >= 4 is 11.9 Å². The lowest BCUT2D eigenvalue weighted by molar-refractivity contribution is -0.121. The molecule has 0 aliphatic heterocycles. The summed E-state index contributed by atoms with van der Waals surface area (Å²) < 4.78 is 12.3. The van der Waals surface area contributed by atoms with E-state index in [4.69, 9.17) is 9.47 Å². The maximum atomic E-state index is 13.4. The van der Waals surface area contributed by atoms with E-state index in [1.807, 2.05) is 13.8 Å². The van der Waals surface area contributed by atoms with Gasteiger partial charge in [0.2, 0.25) is 0 Å². The van der Waals surface area contributed by atoms with Gasteiger partial charge in [-0.15, -0.1) is 0 Å². The molecule has 4 heteroatoms. The topological polar surface area (TPSA) is 52.6 Å². The summed E-state index contributed by atoms with van der Waals surface area (Å²) in [5.74, 6) is 0.0155. The van der Waals surface area contributed by atoms with E-state index in [0.29, 0.717) is 11.8 Å². The Hall–Kier alpha value is -1.84. The fraction of sp³-hybridized carbons (Fsp3) is 0.714. The number of esters is 2. The van der Waals surface area contributed by atoms with Crippen LogP contribution in [0.15, 0.2) is 24.3 Å². The predicted octanol–water partition coefficient (Wildman–Crippen LogP) is 7.21. The fourth-order valence-corrected chi connectivity index (χ4v) is 5.62. The van der Waals surface area contributed by atoms with Gasteiger partial charge in [0, 0.05) is 10.8 Å². The van der Waals surface area contributed by atoms with Crippen LogP contribution >= 0.6 is 0 Å². The summed E-state index contributed by atoms with van der Waals surface area (Å²) in [6.45, 7) is 17.2. The van der Waals surface area contributed by atoms with Crippen LogP contribution in [0, 0.1) is 22.7 Å². The van der Waals surface area contributed by atoms with Gasteiger partial charge in [-0.2, -0.15) is 0 Å². The quantitative estimate of drug-likeness (QED) is 0.462. The third-order valence-electron chi connectivity index (χ3n) is 9.77. The molecule has 1 aromatic carbocycles. The maximum absolute atomic E-state index is 13.4. The maximum Gasteiger partial charge on any atom is 0.339 e. The molecule has 0 aromatic heterocycles. The van der Waals surface area contributed by atoms with Crippen molar-refractivity contribution in [1.29, 1.82) is 0 Å². The van der Waals surface area contributed by atoms with Crippen molar-refractivity contribution in [3.8, 4) is 0 Å². The zero-order valence-corrected chi connectivity index (χ0v) is 21.3. The van der Waals surface area contributed by atoms with Crippen molar-refractivity contribution in [2.24, 2.45) is 22.7 Å². The van der Waals surface area contributed by atoms with Gasteiger partial charge in [0.1, 0.15) is 11.2 Å². The highest BCUT2D eigenvalue weighted by atomic mass is 16.6. The van der Waals surface area contributed by atoms with E-state index in [1.54, 1.807) is 24.3 Å². The first-order chi connectivity index (χ1) is 14.8. The van der Waals surface area contributed by atoms with Crippen molar-refractivity contribution in [2.75, 3.05) is 0 Å². The van der Waals surface area contributed by atoms with Gasteiger partial charge in [-0.05, 0) is 76.3 Å². The van der Waals surface area contributed by atoms with E-state index in [0.717, 1.165) is 38.5 Å². The first kappa shape index (κ1) is 24.8. The second kappa shape index (κ2) is 8.50. The molecular formula is C28H42O4. The van der Waals surface area contributed by atoms with E-state index in [2.05, 4.69) is 41.5 Å². The molecule has 0 bridgehead atoms. The van der Waals surface area contributed by atoms with E-state index >= 15 is 0 Å². The molecule has 0 saturated heterocycles. The molecule has 4 unspecified atom stereocenters. The minimum atomic E-state index is -0.578. The second-order valence-corrected chi connectivity index (χ2v) is 11.8. The Kier molecular flexibility index (Phi) is 6.59. The lowest BCUT2D eigenvalue weighted by atomic mass is 9.60. The molecule has 2 aliphatic rings. The van der Waals surface area contributed by atoms with Crippen LogP contribution < -0.4 is 0 Å². The standard InChI is InChI=1S/C28H42O4/c1-19-13-11-17-27(7,25(19,3)4)31-23(29)21-15-9-10-16-22(21)24(30)32-28(8)18-12-14-20(2)26(28,5)6/h9-10,15-16,19-20H,11-14,17-18H2,1-8H3. The van der Waals surface area contributed by atoms with Gasteiger partial charge >= 0.3 is 11.9 Å². The molecule has 0 amide bonds. The Morgan fingerprint density at radius 3 is 1.41 bits per heavy atom. The average molecular weight is 443 g/mol. The molecule has 0 N–H and O–H groups in total.